The molecule has 4 nitrogen and oxygen atoms in total. The van der Waals surface area contributed by atoms with Gasteiger partial charge in [0.25, 0.3) is 0 Å². The van der Waals surface area contributed by atoms with Crippen molar-refractivity contribution in [3.8, 4) is 0 Å². The van der Waals surface area contributed by atoms with Gasteiger partial charge >= 0.3 is 0 Å². The van der Waals surface area contributed by atoms with Gasteiger partial charge in [0.05, 0.1) is 0 Å². The van der Waals surface area contributed by atoms with Gasteiger partial charge < -0.3 is 10.3 Å². The average molecular weight is 248 g/mol. The highest BCUT2D eigenvalue weighted by atomic mass is 16.4. The van der Waals surface area contributed by atoms with Crippen LogP contribution >= 0.6 is 0 Å². The van der Waals surface area contributed by atoms with Crippen LogP contribution in [0.25, 0.3) is 0 Å². The lowest BCUT2D eigenvalue weighted by atomic mass is 9.90. The number of aliphatic hydroxyl groups is 1. The summed E-state index contributed by atoms with van der Waals surface area (Å²) in [6, 6.07) is 10.3. The third-order valence-electron chi connectivity index (χ3n) is 3.43. The van der Waals surface area contributed by atoms with E-state index < -0.39 is 0 Å². The summed E-state index contributed by atoms with van der Waals surface area (Å²) in [6.45, 7) is 2.87. The first-order valence-electron chi connectivity index (χ1n) is 6.36. The van der Waals surface area contributed by atoms with Gasteiger partial charge in [-0.15, -0.1) is 5.16 Å². The first-order chi connectivity index (χ1) is 8.81. The number of rotatable bonds is 4. The molecule has 2 rings (SSSR count). The zero-order valence-electron chi connectivity index (χ0n) is 10.4. The van der Waals surface area contributed by atoms with Gasteiger partial charge in [0.15, 0.2) is 0 Å². The van der Waals surface area contributed by atoms with Gasteiger partial charge in [-0.05, 0) is 17.9 Å². The number of piperidine rings is 1. The van der Waals surface area contributed by atoms with Crippen LogP contribution in [-0.2, 0) is 6.54 Å². The molecule has 0 aliphatic carbocycles. The number of hydrogen-bond donors (Lipinski definition) is 2. The van der Waals surface area contributed by atoms with Crippen LogP contribution in [0.4, 0.5) is 0 Å². The summed E-state index contributed by atoms with van der Waals surface area (Å²) in [5, 5.41) is 21.1. The van der Waals surface area contributed by atoms with Gasteiger partial charge in [-0.3, -0.25) is 4.90 Å². The summed E-state index contributed by atoms with van der Waals surface area (Å²) in [7, 11) is 0. The van der Waals surface area contributed by atoms with E-state index >= 15 is 0 Å². The fourth-order valence-corrected chi connectivity index (χ4v) is 2.65. The molecule has 0 spiro atoms. The first-order valence-corrected chi connectivity index (χ1v) is 6.36. The quantitative estimate of drug-likeness (QED) is 0.483. The van der Waals surface area contributed by atoms with Crippen LogP contribution in [0.5, 0.6) is 0 Å². The van der Waals surface area contributed by atoms with Crippen molar-refractivity contribution in [2.24, 2.45) is 17.0 Å². The second-order valence-corrected chi connectivity index (χ2v) is 4.99. The van der Waals surface area contributed by atoms with Crippen molar-refractivity contribution in [1.29, 1.82) is 0 Å². The van der Waals surface area contributed by atoms with E-state index in [1.54, 1.807) is 6.21 Å². The molecule has 1 aliphatic rings. The van der Waals surface area contributed by atoms with E-state index in [-0.39, 0.29) is 18.4 Å². The molecule has 1 heterocycles. The summed E-state index contributed by atoms with van der Waals surface area (Å²) in [6.07, 6.45) is 2.48. The van der Waals surface area contributed by atoms with E-state index in [0.29, 0.717) is 0 Å². The molecule has 0 amide bonds. The van der Waals surface area contributed by atoms with Gasteiger partial charge in [0.1, 0.15) is 0 Å². The molecule has 1 saturated heterocycles. The van der Waals surface area contributed by atoms with Crippen molar-refractivity contribution in [1.82, 2.24) is 4.90 Å². The molecule has 1 aromatic rings. The lowest BCUT2D eigenvalue weighted by Crippen LogP contribution is -2.41. The zero-order valence-corrected chi connectivity index (χ0v) is 10.4. The van der Waals surface area contributed by atoms with E-state index in [0.717, 1.165) is 26.1 Å². The summed E-state index contributed by atoms with van der Waals surface area (Å²) in [5.41, 5.74) is 1.27. The Balaban J connectivity index is 1.98. The third kappa shape index (κ3) is 3.55. The van der Waals surface area contributed by atoms with Crippen LogP contribution in [-0.4, -0.2) is 41.1 Å². The maximum Gasteiger partial charge on any atom is 0.0479 e. The highest BCUT2D eigenvalue weighted by Crippen LogP contribution is 2.22. The summed E-state index contributed by atoms with van der Waals surface area (Å²) >= 11 is 0. The molecule has 1 aromatic carbocycles. The van der Waals surface area contributed by atoms with E-state index in [2.05, 4.69) is 22.2 Å². The molecule has 0 saturated carbocycles. The van der Waals surface area contributed by atoms with E-state index in [4.69, 9.17) is 5.21 Å². The second-order valence-electron chi connectivity index (χ2n) is 4.99. The zero-order chi connectivity index (χ0) is 12.8. The van der Waals surface area contributed by atoms with Crippen LogP contribution in [0, 0.1) is 11.8 Å². The number of hydrogen-bond acceptors (Lipinski definition) is 4. The molecule has 0 aromatic heterocycles. The number of oxime groups is 1. The normalized spacial score (nSPS) is 25.6. The predicted molar refractivity (Wildman–Crippen MR) is 70.7 cm³/mol. The molecule has 2 atom stereocenters. The standard InChI is InChI=1S/C14H20N2O2/c17-11-14-6-13(7-15-18)9-16(10-14)8-12-4-2-1-3-5-12/h1-5,7,13-14,17-18H,6,8-11H2/t13-,14-/m1/s1. The van der Waals surface area contributed by atoms with Gasteiger partial charge in [0.2, 0.25) is 0 Å². The Kier molecular flexibility index (Phi) is 4.73. The number of likely N-dealkylation sites (tertiary alicyclic amines) is 1. The Bertz CT molecular complexity index is 381. The molecule has 0 unspecified atom stereocenters. The molecule has 1 aliphatic heterocycles. The Morgan fingerprint density at radius 1 is 1.28 bits per heavy atom. The van der Waals surface area contributed by atoms with Gasteiger partial charge in [-0.25, -0.2) is 0 Å². The molecular formula is C14H20N2O2. The highest BCUT2D eigenvalue weighted by molar-refractivity contribution is 5.60. The van der Waals surface area contributed by atoms with Crippen molar-refractivity contribution >= 4 is 6.21 Å². The molecule has 18 heavy (non-hydrogen) atoms. The number of benzene rings is 1. The van der Waals surface area contributed by atoms with Crippen molar-refractivity contribution in [3.05, 3.63) is 35.9 Å². The smallest absolute Gasteiger partial charge is 0.0479 e. The van der Waals surface area contributed by atoms with Crippen LogP contribution < -0.4 is 0 Å². The molecule has 1 fully saturated rings. The molecule has 98 valence electrons. The van der Waals surface area contributed by atoms with E-state index in [1.165, 1.54) is 5.56 Å². The Labute approximate surface area is 108 Å². The Morgan fingerprint density at radius 3 is 2.72 bits per heavy atom. The maximum atomic E-state index is 9.33. The topological polar surface area (TPSA) is 56.1 Å². The number of nitrogens with zero attached hydrogens (tertiary/aromatic N) is 2. The Morgan fingerprint density at radius 2 is 2.06 bits per heavy atom. The maximum absolute atomic E-state index is 9.33. The summed E-state index contributed by atoms with van der Waals surface area (Å²) < 4.78 is 0. The highest BCUT2D eigenvalue weighted by Gasteiger charge is 2.25. The lowest BCUT2D eigenvalue weighted by molar-refractivity contribution is 0.0994. The molecular weight excluding hydrogens is 228 g/mol. The van der Waals surface area contributed by atoms with E-state index in [1.807, 2.05) is 18.2 Å². The minimum absolute atomic E-state index is 0.195. The Hall–Kier alpha value is -1.39. The SMILES string of the molecule is OC[C@@H]1C[C@H](C=NO)CN(Cc2ccccc2)C1. The van der Waals surface area contributed by atoms with Gasteiger partial charge in [-0.1, -0.05) is 30.3 Å². The van der Waals surface area contributed by atoms with Crippen LogP contribution in [0.2, 0.25) is 0 Å². The van der Waals surface area contributed by atoms with Gasteiger partial charge in [0, 0.05) is 38.4 Å². The molecule has 0 bridgehead atoms. The fourth-order valence-electron chi connectivity index (χ4n) is 2.65. The molecule has 0 radical (unpaired) electrons. The lowest BCUT2D eigenvalue weighted by Gasteiger charge is -2.35. The van der Waals surface area contributed by atoms with E-state index in [9.17, 15) is 5.11 Å². The van der Waals surface area contributed by atoms with Crippen LogP contribution in [0.1, 0.15) is 12.0 Å². The van der Waals surface area contributed by atoms with Crippen molar-refractivity contribution in [3.63, 3.8) is 0 Å². The predicted octanol–water partition coefficient (Wildman–Crippen LogP) is 1.58. The van der Waals surface area contributed by atoms with Crippen LogP contribution in [0.15, 0.2) is 35.5 Å². The summed E-state index contributed by atoms with van der Waals surface area (Å²) in [4.78, 5) is 2.31. The van der Waals surface area contributed by atoms with Gasteiger partial charge in [-0.2, -0.15) is 0 Å². The molecule has 4 heteroatoms. The number of aliphatic hydroxyl groups excluding tert-OH is 1. The minimum atomic E-state index is 0.195. The minimum Gasteiger partial charge on any atom is -0.411 e. The summed E-state index contributed by atoms with van der Waals surface area (Å²) in [5.74, 6) is 0.495. The van der Waals surface area contributed by atoms with Crippen molar-refractivity contribution in [2.45, 2.75) is 13.0 Å². The monoisotopic (exact) mass is 248 g/mol. The van der Waals surface area contributed by atoms with Crippen LogP contribution in [0.3, 0.4) is 0 Å². The first kappa shape index (κ1) is 13.1. The largest absolute Gasteiger partial charge is 0.411 e. The molecule has 2 N–H and O–H groups in total. The fraction of sp³-hybridized carbons (Fsp3) is 0.500. The second kappa shape index (κ2) is 6.52. The third-order valence-corrected chi connectivity index (χ3v) is 3.43. The van der Waals surface area contributed by atoms with Crippen molar-refractivity contribution < 1.29 is 10.3 Å². The average Bonchev–Trinajstić information content (AvgIpc) is 2.40. The van der Waals surface area contributed by atoms with Crippen molar-refractivity contribution in [2.75, 3.05) is 19.7 Å².